The summed E-state index contributed by atoms with van der Waals surface area (Å²) in [6.07, 6.45) is 5.71. The minimum absolute atomic E-state index is 0.214. The minimum Gasteiger partial charge on any atom is -0.466 e. The summed E-state index contributed by atoms with van der Waals surface area (Å²) in [7, 11) is 0. The molecule has 3 rings (SSSR count). The number of imide groups is 1. The van der Waals surface area contributed by atoms with E-state index in [2.05, 4.69) is 18.8 Å². The van der Waals surface area contributed by atoms with Crippen molar-refractivity contribution in [3.05, 3.63) is 47.2 Å². The van der Waals surface area contributed by atoms with Crippen molar-refractivity contribution in [1.82, 2.24) is 10.2 Å². The van der Waals surface area contributed by atoms with Crippen molar-refractivity contribution in [3.8, 4) is 0 Å². The van der Waals surface area contributed by atoms with Crippen molar-refractivity contribution in [2.24, 2.45) is 0 Å². The lowest BCUT2D eigenvalue weighted by Crippen LogP contribution is -2.51. The molecule has 1 saturated heterocycles. The lowest BCUT2D eigenvalue weighted by Gasteiger charge is -2.29. The second-order valence-electron chi connectivity index (χ2n) is 7.79. The fraction of sp³-hybridized carbons (Fsp3) is 0.478. The van der Waals surface area contributed by atoms with E-state index in [0.717, 1.165) is 36.1 Å². The molecule has 1 atom stereocenters. The van der Waals surface area contributed by atoms with E-state index in [9.17, 15) is 19.2 Å². The predicted molar refractivity (Wildman–Crippen MR) is 111 cm³/mol. The summed E-state index contributed by atoms with van der Waals surface area (Å²) < 4.78 is 5.24. The summed E-state index contributed by atoms with van der Waals surface area (Å²) in [5, 5.41) is 2.62. The second kappa shape index (κ2) is 9.69. The van der Waals surface area contributed by atoms with E-state index in [-0.39, 0.29) is 23.9 Å². The number of rotatable bonds is 9. The third-order valence-electron chi connectivity index (χ3n) is 5.49. The Bertz CT molecular complexity index is 876. The van der Waals surface area contributed by atoms with E-state index in [1.165, 1.54) is 0 Å². The molecule has 7 nitrogen and oxygen atoms in total. The van der Waals surface area contributed by atoms with Gasteiger partial charge in [0.2, 0.25) is 5.91 Å². The number of fused-ring (bicyclic) bond motifs is 1. The number of benzene rings is 1. The molecule has 0 aliphatic carbocycles. The Balaban J connectivity index is 1.59. The number of allylic oxidation sites excluding steroid dienone is 1. The van der Waals surface area contributed by atoms with E-state index in [1.807, 2.05) is 0 Å². The van der Waals surface area contributed by atoms with Gasteiger partial charge in [-0.2, -0.15) is 0 Å². The molecule has 1 aromatic rings. The largest absolute Gasteiger partial charge is 0.466 e. The van der Waals surface area contributed by atoms with Crippen molar-refractivity contribution in [3.63, 3.8) is 0 Å². The molecule has 0 spiro atoms. The van der Waals surface area contributed by atoms with Gasteiger partial charge in [0.25, 0.3) is 11.8 Å². The van der Waals surface area contributed by atoms with Gasteiger partial charge in [-0.1, -0.05) is 38.8 Å². The van der Waals surface area contributed by atoms with Gasteiger partial charge in [0.15, 0.2) is 0 Å². The number of amides is 3. The molecule has 0 bridgehead atoms. The number of hydrogen-bond donors (Lipinski definition) is 1. The molecular formula is C23H28N2O5. The van der Waals surface area contributed by atoms with Gasteiger partial charge in [0, 0.05) is 12.1 Å². The maximum Gasteiger partial charge on any atom is 0.306 e. The molecule has 1 aromatic carbocycles. The Morgan fingerprint density at radius 1 is 1.17 bits per heavy atom. The standard InChI is InChI=1S/C23H28N2O5/c1-3-4-5-6-13-30-20(26)12-9-16-8-10-17-18(14-16)23(29)25(22(17)28)19-11-7-15(2)24-21(19)27/h8,10,14,19H,2-7,9,11-13H2,1H3,(H,24,27). The number of ether oxygens (including phenoxy) is 1. The van der Waals surface area contributed by atoms with Crippen LogP contribution in [0.25, 0.3) is 0 Å². The third-order valence-corrected chi connectivity index (χ3v) is 5.49. The zero-order chi connectivity index (χ0) is 21.7. The summed E-state index contributed by atoms with van der Waals surface area (Å²) >= 11 is 0. The van der Waals surface area contributed by atoms with Gasteiger partial charge < -0.3 is 10.1 Å². The van der Waals surface area contributed by atoms with Gasteiger partial charge in [-0.05, 0) is 43.4 Å². The number of piperidine rings is 1. The van der Waals surface area contributed by atoms with E-state index >= 15 is 0 Å². The summed E-state index contributed by atoms with van der Waals surface area (Å²) in [4.78, 5) is 50.8. The highest BCUT2D eigenvalue weighted by molar-refractivity contribution is 6.23. The van der Waals surface area contributed by atoms with E-state index in [1.54, 1.807) is 18.2 Å². The highest BCUT2D eigenvalue weighted by atomic mass is 16.5. The van der Waals surface area contributed by atoms with Crippen LogP contribution < -0.4 is 5.32 Å². The lowest BCUT2D eigenvalue weighted by atomic mass is 10.0. The molecule has 0 radical (unpaired) electrons. The molecule has 30 heavy (non-hydrogen) atoms. The molecule has 3 amide bonds. The Morgan fingerprint density at radius 2 is 1.93 bits per heavy atom. The van der Waals surface area contributed by atoms with Crippen molar-refractivity contribution in [1.29, 1.82) is 0 Å². The lowest BCUT2D eigenvalue weighted by molar-refractivity contribution is -0.143. The summed E-state index contributed by atoms with van der Waals surface area (Å²) in [5.74, 6) is -1.58. The number of esters is 1. The van der Waals surface area contributed by atoms with Gasteiger partial charge in [0.05, 0.1) is 17.7 Å². The zero-order valence-corrected chi connectivity index (χ0v) is 17.4. The first kappa shape index (κ1) is 21.7. The number of nitrogens with one attached hydrogen (secondary N) is 1. The van der Waals surface area contributed by atoms with E-state index in [0.29, 0.717) is 37.1 Å². The van der Waals surface area contributed by atoms with Crippen LogP contribution in [0.1, 0.15) is 78.1 Å². The first-order valence-electron chi connectivity index (χ1n) is 10.6. The third kappa shape index (κ3) is 4.78. The monoisotopic (exact) mass is 412 g/mol. The molecule has 0 saturated carbocycles. The minimum atomic E-state index is -0.825. The summed E-state index contributed by atoms with van der Waals surface area (Å²) in [5.41, 5.74) is 1.94. The van der Waals surface area contributed by atoms with Crippen LogP contribution in [0.3, 0.4) is 0 Å². The quantitative estimate of drug-likeness (QED) is 0.382. The molecule has 160 valence electrons. The van der Waals surface area contributed by atoms with Crippen LogP contribution in [0.5, 0.6) is 0 Å². The average molecular weight is 412 g/mol. The predicted octanol–water partition coefficient (Wildman–Crippen LogP) is 3.13. The molecule has 2 aliphatic rings. The van der Waals surface area contributed by atoms with Gasteiger partial charge in [0.1, 0.15) is 6.04 Å². The normalized spacial score (nSPS) is 18.4. The first-order chi connectivity index (χ1) is 14.4. The van der Waals surface area contributed by atoms with E-state index in [4.69, 9.17) is 4.74 Å². The topological polar surface area (TPSA) is 92.8 Å². The molecule has 0 aromatic heterocycles. The van der Waals surface area contributed by atoms with Crippen LogP contribution in [0.4, 0.5) is 0 Å². The number of unbranched alkanes of at least 4 members (excludes halogenated alkanes) is 3. The fourth-order valence-corrected chi connectivity index (χ4v) is 3.79. The summed E-state index contributed by atoms with van der Waals surface area (Å²) in [6.45, 7) is 6.28. The maximum atomic E-state index is 12.9. The Kier molecular flexibility index (Phi) is 7.03. The van der Waals surface area contributed by atoms with Gasteiger partial charge in [-0.25, -0.2) is 0 Å². The van der Waals surface area contributed by atoms with Crippen molar-refractivity contribution in [2.75, 3.05) is 6.61 Å². The maximum absolute atomic E-state index is 12.9. The number of hydrogen-bond acceptors (Lipinski definition) is 5. The molecular weight excluding hydrogens is 384 g/mol. The molecule has 1 fully saturated rings. The molecule has 2 aliphatic heterocycles. The molecule has 1 N–H and O–H groups in total. The second-order valence-corrected chi connectivity index (χ2v) is 7.79. The Morgan fingerprint density at radius 3 is 2.67 bits per heavy atom. The highest BCUT2D eigenvalue weighted by Crippen LogP contribution is 2.29. The molecule has 1 unspecified atom stereocenters. The summed E-state index contributed by atoms with van der Waals surface area (Å²) in [6, 6.07) is 4.16. The smallest absolute Gasteiger partial charge is 0.306 e. The van der Waals surface area contributed by atoms with Crippen LogP contribution in [-0.4, -0.2) is 41.2 Å². The molecule has 2 heterocycles. The van der Waals surface area contributed by atoms with Crippen LogP contribution in [0.2, 0.25) is 0 Å². The van der Waals surface area contributed by atoms with Crippen LogP contribution >= 0.6 is 0 Å². The first-order valence-corrected chi connectivity index (χ1v) is 10.6. The Labute approximate surface area is 176 Å². The van der Waals surface area contributed by atoms with Crippen molar-refractivity contribution >= 4 is 23.7 Å². The van der Waals surface area contributed by atoms with Gasteiger partial charge in [-0.3, -0.25) is 24.1 Å². The van der Waals surface area contributed by atoms with E-state index < -0.39 is 17.9 Å². The highest BCUT2D eigenvalue weighted by Gasteiger charge is 2.43. The number of aryl methyl sites for hydroxylation is 1. The number of nitrogens with zero attached hydrogens (tertiary/aromatic N) is 1. The number of carbonyl (C=O) groups excluding carboxylic acids is 4. The fourth-order valence-electron chi connectivity index (χ4n) is 3.79. The van der Waals surface area contributed by atoms with Gasteiger partial charge in [-0.15, -0.1) is 0 Å². The van der Waals surface area contributed by atoms with Crippen LogP contribution in [0, 0.1) is 0 Å². The van der Waals surface area contributed by atoms with Crippen LogP contribution in [-0.2, 0) is 20.7 Å². The number of carbonyl (C=O) groups is 4. The zero-order valence-electron chi connectivity index (χ0n) is 17.4. The van der Waals surface area contributed by atoms with Gasteiger partial charge >= 0.3 is 5.97 Å². The average Bonchev–Trinajstić information content (AvgIpc) is 2.96. The SMILES string of the molecule is C=C1CCC(N2C(=O)c3ccc(CCC(=O)OCCCCCC)cc3C2=O)C(=O)N1. The van der Waals surface area contributed by atoms with Crippen LogP contribution in [0.15, 0.2) is 30.5 Å². The van der Waals surface area contributed by atoms with Crippen molar-refractivity contribution in [2.45, 2.75) is 64.3 Å². The van der Waals surface area contributed by atoms with Crippen molar-refractivity contribution < 1.29 is 23.9 Å². The Hall–Kier alpha value is -2.96. The molecule has 7 heteroatoms.